The van der Waals surface area contributed by atoms with Gasteiger partial charge in [-0.15, -0.1) is 0 Å². The topological polar surface area (TPSA) is 44.1 Å². The lowest BCUT2D eigenvalue weighted by molar-refractivity contribution is 0.619. The molecule has 3 aromatic heterocycles. The fraction of sp³-hybridized carbons (Fsp3) is 0. The Hall–Kier alpha value is -4.83. The van der Waals surface area contributed by atoms with Gasteiger partial charge in [0, 0.05) is 27.4 Å². The predicted molar refractivity (Wildman–Crippen MR) is 141 cm³/mol. The average molecular weight is 450 g/mol. The molecule has 0 atom stereocenters. The molecule has 164 valence electrons. The lowest BCUT2D eigenvalue weighted by Crippen LogP contribution is -1.93. The van der Waals surface area contributed by atoms with E-state index in [2.05, 4.69) is 83.4 Å². The first kappa shape index (κ1) is 18.6. The van der Waals surface area contributed by atoms with Crippen LogP contribution in [-0.2, 0) is 0 Å². The molecule has 0 amide bonds. The Kier molecular flexibility index (Phi) is 3.63. The predicted octanol–water partition coefficient (Wildman–Crippen LogP) is 8.49. The molecule has 0 fully saturated rings. The van der Waals surface area contributed by atoms with Crippen LogP contribution in [0.2, 0.25) is 0 Å². The molecule has 0 N–H and O–H groups in total. The van der Waals surface area contributed by atoms with Gasteiger partial charge in [-0.3, -0.25) is 0 Å². The normalized spacial score (nSPS) is 12.0. The van der Waals surface area contributed by atoms with E-state index >= 15 is 0 Å². The maximum Gasteiger partial charge on any atom is 0.227 e. The summed E-state index contributed by atoms with van der Waals surface area (Å²) in [5, 5.41) is 4.55. The first-order chi connectivity index (χ1) is 17.3. The summed E-state index contributed by atoms with van der Waals surface area (Å²) in [6.45, 7) is 0. The third kappa shape index (κ3) is 2.59. The van der Waals surface area contributed by atoms with Crippen molar-refractivity contribution in [3.63, 3.8) is 0 Å². The average Bonchev–Trinajstić information content (AvgIpc) is 3.60. The molecule has 8 rings (SSSR count). The molecule has 5 aromatic carbocycles. The SMILES string of the molecule is c1ccc2c(c1)oc1ccc3oc(-c4ccc(-n5c6ccccc6c6ccccc65)cc4)nc3c12. The van der Waals surface area contributed by atoms with Crippen molar-refractivity contribution < 1.29 is 8.83 Å². The van der Waals surface area contributed by atoms with E-state index in [1.54, 1.807) is 0 Å². The van der Waals surface area contributed by atoms with Crippen molar-refractivity contribution in [2.45, 2.75) is 0 Å². The van der Waals surface area contributed by atoms with E-state index in [1.165, 1.54) is 21.8 Å². The molecule has 4 nitrogen and oxygen atoms in total. The minimum Gasteiger partial charge on any atom is -0.456 e. The highest BCUT2D eigenvalue weighted by atomic mass is 16.4. The van der Waals surface area contributed by atoms with Crippen LogP contribution in [0.1, 0.15) is 0 Å². The van der Waals surface area contributed by atoms with Crippen molar-refractivity contribution in [3.8, 4) is 17.1 Å². The number of nitrogens with zero attached hydrogens (tertiary/aromatic N) is 2. The van der Waals surface area contributed by atoms with E-state index in [9.17, 15) is 0 Å². The second-order valence-corrected chi connectivity index (χ2v) is 8.82. The highest BCUT2D eigenvalue weighted by Crippen LogP contribution is 2.37. The van der Waals surface area contributed by atoms with Crippen molar-refractivity contribution in [2.75, 3.05) is 0 Å². The first-order valence-electron chi connectivity index (χ1n) is 11.6. The van der Waals surface area contributed by atoms with Gasteiger partial charge in [0.2, 0.25) is 5.89 Å². The van der Waals surface area contributed by atoms with E-state index in [0.29, 0.717) is 5.89 Å². The highest BCUT2D eigenvalue weighted by molar-refractivity contribution is 6.16. The number of rotatable bonds is 2. The largest absolute Gasteiger partial charge is 0.456 e. The van der Waals surface area contributed by atoms with Crippen LogP contribution >= 0.6 is 0 Å². The zero-order chi connectivity index (χ0) is 22.9. The zero-order valence-corrected chi connectivity index (χ0v) is 18.6. The molecular weight excluding hydrogens is 432 g/mol. The molecule has 4 heteroatoms. The lowest BCUT2D eigenvalue weighted by atomic mass is 10.1. The number of aromatic nitrogens is 2. The van der Waals surface area contributed by atoms with E-state index in [4.69, 9.17) is 13.8 Å². The molecule has 35 heavy (non-hydrogen) atoms. The van der Waals surface area contributed by atoms with Gasteiger partial charge in [-0.25, -0.2) is 4.98 Å². The Morgan fingerprint density at radius 3 is 1.89 bits per heavy atom. The number of para-hydroxylation sites is 3. The Morgan fingerprint density at radius 1 is 0.514 bits per heavy atom. The van der Waals surface area contributed by atoms with Gasteiger partial charge in [0.1, 0.15) is 16.7 Å². The molecule has 0 saturated heterocycles. The molecule has 3 heterocycles. The van der Waals surface area contributed by atoms with Crippen molar-refractivity contribution in [1.82, 2.24) is 9.55 Å². The van der Waals surface area contributed by atoms with E-state index < -0.39 is 0 Å². The Bertz CT molecular complexity index is 2000. The molecule has 8 aromatic rings. The van der Waals surface area contributed by atoms with E-state index in [1.807, 2.05) is 30.3 Å². The number of furan rings is 1. The van der Waals surface area contributed by atoms with Gasteiger partial charge in [0.05, 0.1) is 16.4 Å². The minimum absolute atomic E-state index is 0.603. The molecule has 0 aliphatic rings. The second-order valence-electron chi connectivity index (χ2n) is 8.82. The number of oxazole rings is 1. The van der Waals surface area contributed by atoms with Gasteiger partial charge in [-0.05, 0) is 54.6 Å². The Morgan fingerprint density at radius 2 is 1.14 bits per heavy atom. The standard InChI is InChI=1S/C31H18N2O2/c1-4-10-24-21(7-1)22-8-2-5-11-25(22)33(24)20-15-13-19(14-16-20)31-32-30-28(35-31)18-17-27-29(30)23-9-3-6-12-26(23)34-27/h1-18H. The monoisotopic (exact) mass is 450 g/mol. The Labute approximate surface area is 199 Å². The van der Waals surface area contributed by atoms with Crippen LogP contribution < -0.4 is 0 Å². The molecule has 0 aliphatic carbocycles. The number of fused-ring (bicyclic) bond motifs is 8. The summed E-state index contributed by atoms with van der Waals surface area (Å²) in [6, 6.07) is 37.4. The summed E-state index contributed by atoms with van der Waals surface area (Å²) in [7, 11) is 0. The lowest BCUT2D eigenvalue weighted by Gasteiger charge is -2.08. The smallest absolute Gasteiger partial charge is 0.227 e. The van der Waals surface area contributed by atoms with Crippen LogP contribution in [0.3, 0.4) is 0 Å². The van der Waals surface area contributed by atoms with E-state index in [-0.39, 0.29) is 0 Å². The van der Waals surface area contributed by atoms with E-state index in [0.717, 1.165) is 44.3 Å². The van der Waals surface area contributed by atoms with Crippen molar-refractivity contribution >= 4 is 54.8 Å². The second kappa shape index (κ2) is 6.84. The van der Waals surface area contributed by atoms with Gasteiger partial charge >= 0.3 is 0 Å². The van der Waals surface area contributed by atoms with Crippen LogP contribution in [-0.4, -0.2) is 9.55 Å². The van der Waals surface area contributed by atoms with Gasteiger partial charge in [0.25, 0.3) is 0 Å². The maximum atomic E-state index is 6.19. The summed E-state index contributed by atoms with van der Waals surface area (Å²) in [5.74, 6) is 0.603. The molecule has 0 spiro atoms. The van der Waals surface area contributed by atoms with Gasteiger partial charge in [-0.1, -0.05) is 54.6 Å². The van der Waals surface area contributed by atoms with Crippen molar-refractivity contribution in [3.05, 3.63) is 109 Å². The molecule has 0 unspecified atom stereocenters. The Balaban J connectivity index is 1.29. The van der Waals surface area contributed by atoms with Gasteiger partial charge < -0.3 is 13.4 Å². The van der Waals surface area contributed by atoms with Crippen LogP contribution in [0.25, 0.3) is 72.0 Å². The van der Waals surface area contributed by atoms with Crippen molar-refractivity contribution in [2.24, 2.45) is 0 Å². The third-order valence-corrected chi connectivity index (χ3v) is 6.85. The molecular formula is C31H18N2O2. The van der Waals surface area contributed by atoms with Crippen molar-refractivity contribution in [1.29, 1.82) is 0 Å². The van der Waals surface area contributed by atoms with Crippen LogP contribution in [0.5, 0.6) is 0 Å². The quantitative estimate of drug-likeness (QED) is 0.265. The zero-order valence-electron chi connectivity index (χ0n) is 18.6. The number of hydrogen-bond donors (Lipinski definition) is 0. The molecule has 0 aliphatic heterocycles. The minimum atomic E-state index is 0.603. The molecule has 0 bridgehead atoms. The summed E-state index contributed by atoms with van der Waals surface area (Å²) in [4.78, 5) is 4.89. The number of hydrogen-bond acceptors (Lipinski definition) is 3. The first-order valence-corrected chi connectivity index (χ1v) is 11.6. The highest BCUT2D eigenvalue weighted by Gasteiger charge is 2.17. The van der Waals surface area contributed by atoms with Crippen LogP contribution in [0.4, 0.5) is 0 Å². The van der Waals surface area contributed by atoms with Gasteiger partial charge in [0.15, 0.2) is 5.58 Å². The molecule has 0 radical (unpaired) electrons. The van der Waals surface area contributed by atoms with Crippen LogP contribution in [0.15, 0.2) is 118 Å². The van der Waals surface area contributed by atoms with Gasteiger partial charge in [-0.2, -0.15) is 0 Å². The summed E-state index contributed by atoms with van der Waals surface area (Å²) in [6.07, 6.45) is 0. The summed E-state index contributed by atoms with van der Waals surface area (Å²) in [5.41, 5.74) is 7.68. The number of benzene rings is 5. The maximum absolute atomic E-state index is 6.19. The third-order valence-electron chi connectivity index (χ3n) is 6.85. The van der Waals surface area contributed by atoms with Crippen LogP contribution in [0, 0.1) is 0 Å². The fourth-order valence-electron chi connectivity index (χ4n) is 5.28. The summed E-state index contributed by atoms with van der Waals surface area (Å²) < 4.78 is 14.5. The fourth-order valence-corrected chi connectivity index (χ4v) is 5.28. The summed E-state index contributed by atoms with van der Waals surface area (Å²) >= 11 is 0. The molecule has 0 saturated carbocycles.